The van der Waals surface area contributed by atoms with Crippen molar-refractivity contribution in [3.63, 3.8) is 0 Å². The third-order valence-electron chi connectivity index (χ3n) is 2.28. The summed E-state index contributed by atoms with van der Waals surface area (Å²) in [4.78, 5) is 26.2. The molecule has 1 aromatic heterocycles. The van der Waals surface area contributed by atoms with Crippen LogP contribution in [0.5, 0.6) is 11.8 Å². The molecule has 8 nitrogen and oxygen atoms in total. The summed E-state index contributed by atoms with van der Waals surface area (Å²) >= 11 is 0.856. The largest absolute Gasteiger partial charge is 0.494 e. The van der Waals surface area contributed by atoms with E-state index in [0.29, 0.717) is 19.5 Å². The van der Waals surface area contributed by atoms with Crippen LogP contribution in [0.15, 0.2) is 21.2 Å². The molecule has 21 heavy (non-hydrogen) atoms. The van der Waals surface area contributed by atoms with E-state index in [-0.39, 0.29) is 16.7 Å². The van der Waals surface area contributed by atoms with E-state index in [9.17, 15) is 19.8 Å². The van der Waals surface area contributed by atoms with E-state index in [4.69, 9.17) is 0 Å². The second-order valence-corrected chi connectivity index (χ2v) is 5.20. The maximum absolute atomic E-state index is 12.0. The lowest BCUT2D eigenvalue weighted by Crippen LogP contribution is -2.30. The molecule has 1 aromatic rings. The number of aromatic hydroxyl groups is 2. The van der Waals surface area contributed by atoms with Crippen molar-refractivity contribution in [1.82, 2.24) is 9.29 Å². The van der Waals surface area contributed by atoms with E-state index in [1.165, 1.54) is 10.4 Å². The van der Waals surface area contributed by atoms with Gasteiger partial charge in [-0.05, 0) is 24.8 Å². The lowest BCUT2D eigenvalue weighted by molar-refractivity contribution is -0.140. The molecule has 0 radical (unpaired) electrons. The van der Waals surface area contributed by atoms with Gasteiger partial charge in [0.05, 0.1) is 11.4 Å². The SMILES string of the molecule is CCCN=NC(=O)C(=O)N(CCC)Sc1cc(O)[nH]c1O. The summed E-state index contributed by atoms with van der Waals surface area (Å²) in [6.07, 6.45) is 1.35. The first-order valence-electron chi connectivity index (χ1n) is 6.51. The molecule has 0 unspecified atom stereocenters. The molecule has 116 valence electrons. The quantitative estimate of drug-likeness (QED) is 0.422. The molecular formula is C12H18N4O4S. The van der Waals surface area contributed by atoms with Gasteiger partial charge in [-0.25, -0.2) is 0 Å². The third kappa shape index (κ3) is 5.10. The molecule has 1 heterocycles. The Labute approximate surface area is 126 Å². The highest BCUT2D eigenvalue weighted by atomic mass is 32.2. The Morgan fingerprint density at radius 2 is 2.05 bits per heavy atom. The molecule has 0 saturated carbocycles. The number of aromatic amines is 1. The van der Waals surface area contributed by atoms with Crippen LogP contribution in [0.25, 0.3) is 0 Å². The zero-order chi connectivity index (χ0) is 15.8. The van der Waals surface area contributed by atoms with Crippen molar-refractivity contribution in [3.8, 4) is 11.8 Å². The highest BCUT2D eigenvalue weighted by Gasteiger charge is 2.24. The first-order chi connectivity index (χ1) is 9.99. The van der Waals surface area contributed by atoms with Crippen molar-refractivity contribution in [3.05, 3.63) is 6.07 Å². The minimum absolute atomic E-state index is 0.229. The number of hydrogen-bond acceptors (Lipinski definition) is 6. The van der Waals surface area contributed by atoms with Crippen molar-refractivity contribution in [1.29, 1.82) is 0 Å². The minimum Gasteiger partial charge on any atom is -0.494 e. The lowest BCUT2D eigenvalue weighted by atomic mass is 10.4. The molecule has 1 rings (SSSR count). The Bertz CT molecular complexity index is 529. The maximum Gasteiger partial charge on any atom is 0.354 e. The second kappa shape index (κ2) is 8.30. The minimum atomic E-state index is -0.955. The molecule has 2 amide bonds. The summed E-state index contributed by atoms with van der Waals surface area (Å²) in [6.45, 7) is 4.40. The number of rotatable bonds is 6. The molecule has 0 atom stereocenters. The first-order valence-corrected chi connectivity index (χ1v) is 7.29. The molecular weight excluding hydrogens is 296 g/mol. The van der Waals surface area contributed by atoms with E-state index in [1.54, 1.807) is 0 Å². The van der Waals surface area contributed by atoms with Crippen LogP contribution in [0.1, 0.15) is 26.7 Å². The number of aromatic nitrogens is 1. The fourth-order valence-corrected chi connectivity index (χ4v) is 2.33. The normalized spacial score (nSPS) is 11.0. The van der Waals surface area contributed by atoms with E-state index >= 15 is 0 Å². The Kier molecular flexibility index (Phi) is 6.73. The summed E-state index contributed by atoms with van der Waals surface area (Å²) in [5, 5.41) is 25.7. The Balaban J connectivity index is 2.78. The Morgan fingerprint density at radius 3 is 2.57 bits per heavy atom. The number of azo groups is 1. The van der Waals surface area contributed by atoms with Gasteiger partial charge in [0.15, 0.2) is 5.88 Å². The highest BCUT2D eigenvalue weighted by molar-refractivity contribution is 7.97. The van der Waals surface area contributed by atoms with Gasteiger partial charge in [-0.2, -0.15) is 5.11 Å². The molecule has 3 N–H and O–H groups in total. The number of nitrogens with zero attached hydrogens (tertiary/aromatic N) is 3. The molecule has 0 fully saturated rings. The molecule has 0 aliphatic carbocycles. The van der Waals surface area contributed by atoms with Gasteiger partial charge in [0.2, 0.25) is 5.88 Å². The summed E-state index contributed by atoms with van der Waals surface area (Å²) in [6, 6.07) is 1.26. The van der Waals surface area contributed by atoms with E-state index in [1.807, 2.05) is 13.8 Å². The first kappa shape index (κ1) is 17.0. The van der Waals surface area contributed by atoms with Crippen LogP contribution >= 0.6 is 11.9 Å². The molecule has 9 heteroatoms. The summed E-state index contributed by atoms with van der Waals surface area (Å²) in [5.41, 5.74) is 0. The number of nitrogens with one attached hydrogen (secondary N) is 1. The Hall–Kier alpha value is -2.03. The van der Waals surface area contributed by atoms with Crippen LogP contribution in [-0.4, -0.2) is 44.4 Å². The zero-order valence-electron chi connectivity index (χ0n) is 11.9. The average molecular weight is 314 g/mol. The molecule has 0 aliphatic heterocycles. The van der Waals surface area contributed by atoms with Crippen LogP contribution in [0.3, 0.4) is 0 Å². The van der Waals surface area contributed by atoms with Crippen molar-refractivity contribution in [2.24, 2.45) is 10.2 Å². The van der Waals surface area contributed by atoms with E-state index in [2.05, 4.69) is 15.2 Å². The van der Waals surface area contributed by atoms with Crippen LogP contribution in [0.4, 0.5) is 0 Å². The standard InChI is InChI=1S/C12H18N4O4S/c1-3-5-13-15-11(19)12(20)16(6-4-2)21-8-7-9(17)14-10(8)18/h7,14,17-18H,3-6H2,1-2H3. The van der Waals surface area contributed by atoms with Gasteiger partial charge in [0.1, 0.15) is 0 Å². The van der Waals surface area contributed by atoms with Gasteiger partial charge in [-0.15, -0.1) is 5.11 Å². The smallest absolute Gasteiger partial charge is 0.354 e. The predicted octanol–water partition coefficient (Wildman–Crippen LogP) is 2.06. The van der Waals surface area contributed by atoms with Crippen LogP contribution < -0.4 is 0 Å². The average Bonchev–Trinajstić information content (AvgIpc) is 2.75. The number of carbonyl (C=O) groups excluding carboxylic acids is 2. The monoisotopic (exact) mass is 314 g/mol. The number of amides is 2. The van der Waals surface area contributed by atoms with Gasteiger partial charge < -0.3 is 10.2 Å². The molecule has 0 saturated heterocycles. The zero-order valence-corrected chi connectivity index (χ0v) is 12.7. The van der Waals surface area contributed by atoms with Crippen LogP contribution in [-0.2, 0) is 9.59 Å². The van der Waals surface area contributed by atoms with Gasteiger partial charge >= 0.3 is 11.8 Å². The molecule has 0 aromatic carbocycles. The van der Waals surface area contributed by atoms with Crippen molar-refractivity contribution < 1.29 is 19.8 Å². The molecule has 0 aliphatic rings. The van der Waals surface area contributed by atoms with Crippen LogP contribution in [0.2, 0.25) is 0 Å². The summed E-state index contributed by atoms with van der Waals surface area (Å²) in [7, 11) is 0. The van der Waals surface area contributed by atoms with E-state index in [0.717, 1.165) is 18.4 Å². The molecule has 0 bridgehead atoms. The van der Waals surface area contributed by atoms with Gasteiger partial charge in [0, 0.05) is 12.6 Å². The molecule has 0 spiro atoms. The summed E-state index contributed by atoms with van der Waals surface area (Å²) < 4.78 is 1.18. The van der Waals surface area contributed by atoms with E-state index < -0.39 is 11.8 Å². The van der Waals surface area contributed by atoms with Crippen molar-refractivity contribution in [2.75, 3.05) is 13.1 Å². The summed E-state index contributed by atoms with van der Waals surface area (Å²) in [5.74, 6) is -2.27. The van der Waals surface area contributed by atoms with Gasteiger partial charge in [0.25, 0.3) is 0 Å². The van der Waals surface area contributed by atoms with Crippen molar-refractivity contribution in [2.45, 2.75) is 31.6 Å². The fourth-order valence-electron chi connectivity index (χ4n) is 1.36. The second-order valence-electron chi connectivity index (χ2n) is 4.14. The van der Waals surface area contributed by atoms with Crippen molar-refractivity contribution >= 4 is 23.8 Å². The predicted molar refractivity (Wildman–Crippen MR) is 77.0 cm³/mol. The topological polar surface area (TPSA) is 118 Å². The number of hydrogen-bond donors (Lipinski definition) is 3. The number of carbonyl (C=O) groups is 2. The third-order valence-corrected chi connectivity index (χ3v) is 3.35. The Morgan fingerprint density at radius 1 is 1.33 bits per heavy atom. The fraction of sp³-hybridized carbons (Fsp3) is 0.500. The highest BCUT2D eigenvalue weighted by Crippen LogP contribution is 2.33. The number of H-pyrrole nitrogens is 1. The lowest BCUT2D eigenvalue weighted by Gasteiger charge is -2.17. The maximum atomic E-state index is 12.0. The van der Waals surface area contributed by atoms with Gasteiger partial charge in [-0.1, -0.05) is 13.8 Å². The van der Waals surface area contributed by atoms with Crippen LogP contribution in [0, 0.1) is 0 Å². The van der Waals surface area contributed by atoms with Gasteiger partial charge in [-0.3, -0.25) is 18.9 Å².